The fourth-order valence-corrected chi connectivity index (χ4v) is 4.50. The molecule has 0 spiro atoms. The van der Waals surface area contributed by atoms with Gasteiger partial charge in [0.05, 0.1) is 22.1 Å². The molecule has 5 rings (SSSR count). The minimum absolute atomic E-state index is 0.0496. The summed E-state index contributed by atoms with van der Waals surface area (Å²) in [6.45, 7) is 3.56. The second-order valence-corrected chi connectivity index (χ2v) is 9.28. The van der Waals surface area contributed by atoms with E-state index in [9.17, 15) is 13.2 Å². The van der Waals surface area contributed by atoms with E-state index in [2.05, 4.69) is 25.3 Å². The number of nitrogens with zero attached hydrogens (tertiary/aromatic N) is 8. The van der Waals surface area contributed by atoms with Gasteiger partial charge >= 0.3 is 6.18 Å². The molecule has 1 aromatic carbocycles. The monoisotopic (exact) mass is 546 g/mol. The Balaban J connectivity index is 1.82. The van der Waals surface area contributed by atoms with E-state index in [1.807, 2.05) is 0 Å². The largest absolute Gasteiger partial charge is 0.433 e. The maximum Gasteiger partial charge on any atom is 0.433 e. The van der Waals surface area contributed by atoms with Gasteiger partial charge in [-0.3, -0.25) is 9.36 Å². The molecule has 0 atom stereocenters. The highest BCUT2D eigenvalue weighted by atomic mass is 35.5. The summed E-state index contributed by atoms with van der Waals surface area (Å²) >= 11 is 12.8. The van der Waals surface area contributed by atoms with Crippen molar-refractivity contribution in [1.82, 2.24) is 39.3 Å². The number of aromatic nitrogens is 8. The van der Waals surface area contributed by atoms with Gasteiger partial charge in [0, 0.05) is 48.2 Å². The number of aryl methyl sites for hydroxylation is 4. The lowest BCUT2D eigenvalue weighted by atomic mass is 10.1. The Morgan fingerprint density at radius 2 is 1.41 bits per heavy atom. The highest BCUT2D eigenvalue weighted by molar-refractivity contribution is 6.35. The van der Waals surface area contributed by atoms with E-state index in [0.717, 1.165) is 6.07 Å². The van der Waals surface area contributed by atoms with Crippen LogP contribution in [0.25, 0.3) is 39.7 Å². The van der Waals surface area contributed by atoms with E-state index < -0.39 is 11.9 Å². The van der Waals surface area contributed by atoms with Gasteiger partial charge in [-0.2, -0.15) is 33.1 Å². The van der Waals surface area contributed by atoms with Crippen molar-refractivity contribution in [3.63, 3.8) is 0 Å². The van der Waals surface area contributed by atoms with Crippen LogP contribution in [0.1, 0.15) is 17.1 Å². The van der Waals surface area contributed by atoms with Crippen molar-refractivity contribution in [3.05, 3.63) is 69.9 Å². The maximum atomic E-state index is 13.9. The van der Waals surface area contributed by atoms with Crippen LogP contribution in [-0.4, -0.2) is 39.3 Å². The van der Waals surface area contributed by atoms with Gasteiger partial charge in [0.2, 0.25) is 0 Å². The minimum atomic E-state index is -4.73. The predicted octanol–water partition coefficient (Wildman–Crippen LogP) is 6.07. The number of halogens is 5. The zero-order chi connectivity index (χ0) is 26.6. The lowest BCUT2D eigenvalue weighted by Crippen LogP contribution is -2.14. The molecule has 0 aliphatic rings. The summed E-state index contributed by atoms with van der Waals surface area (Å²) in [5.74, 6) is -0.298. The summed E-state index contributed by atoms with van der Waals surface area (Å²) in [6.07, 6.45) is -1.29. The normalized spacial score (nSPS) is 11.9. The SMILES string of the molecule is Cc1nn(C)cc1-c1nn(-c2nc(-c3ccc(Cl)cc3)cc(C(F)(F)F)n2)c(-c2cn(C)nc2C)c1Cl. The summed E-state index contributed by atoms with van der Waals surface area (Å²) in [4.78, 5) is 8.30. The van der Waals surface area contributed by atoms with Crippen LogP contribution in [0.4, 0.5) is 13.2 Å². The minimum Gasteiger partial charge on any atom is -0.275 e. The smallest absolute Gasteiger partial charge is 0.275 e. The van der Waals surface area contributed by atoms with Crippen molar-refractivity contribution < 1.29 is 13.2 Å². The molecule has 0 fully saturated rings. The Labute approximate surface area is 219 Å². The van der Waals surface area contributed by atoms with Gasteiger partial charge in [-0.25, -0.2) is 9.97 Å². The third-order valence-corrected chi connectivity index (χ3v) is 6.31. The second-order valence-electron chi connectivity index (χ2n) is 8.47. The van der Waals surface area contributed by atoms with Crippen LogP contribution in [0, 0.1) is 13.8 Å². The van der Waals surface area contributed by atoms with Crippen LogP contribution in [0.15, 0.2) is 42.7 Å². The fraction of sp³-hybridized carbons (Fsp3) is 0.208. The molecular weight excluding hydrogens is 528 g/mol. The molecule has 0 unspecified atom stereocenters. The Hall–Kier alpha value is -3.70. The van der Waals surface area contributed by atoms with Gasteiger partial charge in [0.1, 0.15) is 11.4 Å². The molecule has 8 nitrogen and oxygen atoms in total. The van der Waals surface area contributed by atoms with Crippen LogP contribution >= 0.6 is 23.2 Å². The average molecular weight is 547 g/mol. The topological polar surface area (TPSA) is 79.2 Å². The number of hydrogen-bond donors (Lipinski definition) is 0. The zero-order valence-corrected chi connectivity index (χ0v) is 21.5. The van der Waals surface area contributed by atoms with Crippen LogP contribution in [0.5, 0.6) is 0 Å². The molecule has 0 saturated heterocycles. The molecule has 0 bridgehead atoms. The zero-order valence-electron chi connectivity index (χ0n) is 20.0. The van der Waals surface area contributed by atoms with Crippen molar-refractivity contribution in [2.75, 3.05) is 0 Å². The first-order valence-electron chi connectivity index (χ1n) is 10.9. The standard InChI is InChI=1S/C24H19Cl2F3N8/c1-12-16(10-35(3)32-12)21-20(26)22(17-11-36(4)33-13(17)2)37(34-21)23-30-18(9-19(31-23)24(27,28)29)14-5-7-15(25)8-6-14/h5-11H,1-4H3. The predicted molar refractivity (Wildman–Crippen MR) is 133 cm³/mol. The molecule has 4 heterocycles. The van der Waals surface area contributed by atoms with E-state index in [1.54, 1.807) is 74.0 Å². The van der Waals surface area contributed by atoms with E-state index in [1.165, 1.54) is 4.68 Å². The quantitative estimate of drug-likeness (QED) is 0.273. The average Bonchev–Trinajstić information content (AvgIpc) is 3.46. The number of benzene rings is 1. The highest BCUT2D eigenvalue weighted by Gasteiger charge is 2.35. The Morgan fingerprint density at radius 1 is 0.811 bits per heavy atom. The van der Waals surface area contributed by atoms with Crippen molar-refractivity contribution in [2.45, 2.75) is 20.0 Å². The molecule has 37 heavy (non-hydrogen) atoms. The van der Waals surface area contributed by atoms with Crippen molar-refractivity contribution in [2.24, 2.45) is 14.1 Å². The summed E-state index contributed by atoms with van der Waals surface area (Å²) in [7, 11) is 3.48. The highest BCUT2D eigenvalue weighted by Crippen LogP contribution is 2.40. The lowest BCUT2D eigenvalue weighted by Gasteiger charge is -2.12. The van der Waals surface area contributed by atoms with E-state index >= 15 is 0 Å². The van der Waals surface area contributed by atoms with Crippen LogP contribution in [-0.2, 0) is 20.3 Å². The molecule has 190 valence electrons. The lowest BCUT2D eigenvalue weighted by molar-refractivity contribution is -0.141. The van der Waals surface area contributed by atoms with E-state index in [0.29, 0.717) is 44.5 Å². The summed E-state index contributed by atoms with van der Waals surface area (Å²) in [5, 5.41) is 14.0. The van der Waals surface area contributed by atoms with E-state index in [-0.39, 0.29) is 16.7 Å². The van der Waals surface area contributed by atoms with Crippen molar-refractivity contribution in [1.29, 1.82) is 0 Å². The number of alkyl halides is 3. The molecule has 0 aliphatic heterocycles. The summed E-state index contributed by atoms with van der Waals surface area (Å²) < 4.78 is 46.3. The molecule has 0 radical (unpaired) electrons. The number of hydrogen-bond acceptors (Lipinski definition) is 5. The third-order valence-electron chi connectivity index (χ3n) is 5.70. The molecule has 13 heteroatoms. The van der Waals surface area contributed by atoms with Gasteiger partial charge < -0.3 is 0 Å². The molecule has 0 saturated carbocycles. The molecular formula is C24H19Cl2F3N8. The first-order chi connectivity index (χ1) is 17.4. The van der Waals surface area contributed by atoms with Crippen LogP contribution < -0.4 is 0 Å². The van der Waals surface area contributed by atoms with Gasteiger partial charge in [-0.1, -0.05) is 35.3 Å². The molecule has 4 aromatic heterocycles. The van der Waals surface area contributed by atoms with Crippen LogP contribution in [0.3, 0.4) is 0 Å². The molecule has 0 aliphatic carbocycles. The first kappa shape index (κ1) is 25.0. The van der Waals surface area contributed by atoms with Gasteiger partial charge in [0.15, 0.2) is 5.69 Å². The molecule has 0 N–H and O–H groups in total. The Bertz CT molecular complexity index is 1630. The maximum absolute atomic E-state index is 13.9. The second kappa shape index (κ2) is 9.00. The van der Waals surface area contributed by atoms with E-state index in [4.69, 9.17) is 23.2 Å². The molecule has 5 aromatic rings. The van der Waals surface area contributed by atoms with Crippen molar-refractivity contribution >= 4 is 23.2 Å². The van der Waals surface area contributed by atoms with Gasteiger partial charge in [-0.05, 0) is 32.0 Å². The number of rotatable bonds is 4. The first-order valence-corrected chi connectivity index (χ1v) is 11.7. The van der Waals surface area contributed by atoms with Gasteiger partial charge in [0.25, 0.3) is 5.95 Å². The summed E-state index contributed by atoms with van der Waals surface area (Å²) in [6, 6.07) is 7.20. The molecule has 0 amide bonds. The summed E-state index contributed by atoms with van der Waals surface area (Å²) in [5.41, 5.74) is 2.45. The Kier molecular flexibility index (Phi) is 6.07. The van der Waals surface area contributed by atoms with Gasteiger partial charge in [-0.15, -0.1) is 0 Å². The third kappa shape index (κ3) is 4.60. The van der Waals surface area contributed by atoms with Crippen LogP contribution in [0.2, 0.25) is 10.0 Å². The van der Waals surface area contributed by atoms with Crippen molar-refractivity contribution in [3.8, 4) is 39.7 Å². The Morgan fingerprint density at radius 3 is 1.95 bits per heavy atom. The fourth-order valence-electron chi connectivity index (χ4n) is 4.06.